The predicted octanol–water partition coefficient (Wildman–Crippen LogP) is 6.11. The lowest BCUT2D eigenvalue weighted by Gasteiger charge is -2.14. The molecule has 0 aromatic heterocycles. The van der Waals surface area contributed by atoms with Gasteiger partial charge in [0.05, 0.1) is 0 Å². The van der Waals surface area contributed by atoms with Gasteiger partial charge in [0.15, 0.2) is 0 Å². The standard InChI is InChI=1S/C25H29NO.ClH/c1-20-11-14-23(15-12-20)19-27-25-10-6-9-24(17-25)18-26-21(2)13-16-22-7-4-3-5-8-22;/h3-12,14-15,17,21,26H,13,16,18-19H2,1-2H3;1H. The molecule has 2 nitrogen and oxygen atoms in total. The number of rotatable bonds is 9. The topological polar surface area (TPSA) is 21.3 Å². The Morgan fingerprint density at radius 1 is 0.821 bits per heavy atom. The maximum Gasteiger partial charge on any atom is 0.120 e. The van der Waals surface area contributed by atoms with Crippen LogP contribution in [0.5, 0.6) is 5.75 Å². The van der Waals surface area contributed by atoms with Gasteiger partial charge in [-0.3, -0.25) is 0 Å². The smallest absolute Gasteiger partial charge is 0.120 e. The first kappa shape index (κ1) is 22.0. The number of aryl methyl sites for hydroxylation is 2. The Kier molecular flexibility index (Phi) is 9.06. The molecule has 28 heavy (non-hydrogen) atoms. The van der Waals surface area contributed by atoms with E-state index in [1.165, 1.54) is 22.3 Å². The largest absolute Gasteiger partial charge is 0.489 e. The van der Waals surface area contributed by atoms with Crippen molar-refractivity contribution < 1.29 is 4.74 Å². The van der Waals surface area contributed by atoms with E-state index in [4.69, 9.17) is 4.74 Å². The quantitative estimate of drug-likeness (QED) is 0.472. The van der Waals surface area contributed by atoms with Gasteiger partial charge in [0.2, 0.25) is 0 Å². The molecule has 148 valence electrons. The van der Waals surface area contributed by atoms with Crippen molar-refractivity contribution in [2.75, 3.05) is 0 Å². The average Bonchev–Trinajstić information content (AvgIpc) is 2.71. The molecule has 1 atom stereocenters. The molecular weight excluding hydrogens is 366 g/mol. The molecule has 3 aromatic rings. The van der Waals surface area contributed by atoms with Gasteiger partial charge in [-0.2, -0.15) is 0 Å². The van der Waals surface area contributed by atoms with Gasteiger partial charge in [-0.25, -0.2) is 0 Å². The Hall–Kier alpha value is -2.29. The van der Waals surface area contributed by atoms with Crippen LogP contribution in [0.2, 0.25) is 0 Å². The van der Waals surface area contributed by atoms with E-state index >= 15 is 0 Å². The summed E-state index contributed by atoms with van der Waals surface area (Å²) in [5.41, 5.74) is 5.12. The van der Waals surface area contributed by atoms with E-state index in [-0.39, 0.29) is 12.4 Å². The first-order valence-corrected chi connectivity index (χ1v) is 9.73. The number of hydrogen-bond donors (Lipinski definition) is 1. The summed E-state index contributed by atoms with van der Waals surface area (Å²) >= 11 is 0. The van der Waals surface area contributed by atoms with E-state index in [0.29, 0.717) is 12.6 Å². The third kappa shape index (κ3) is 7.38. The van der Waals surface area contributed by atoms with Crippen molar-refractivity contribution in [3.8, 4) is 5.75 Å². The maximum absolute atomic E-state index is 5.96. The number of ether oxygens (including phenoxy) is 1. The molecule has 0 aliphatic carbocycles. The molecular formula is C25H30ClNO. The molecule has 0 radical (unpaired) electrons. The van der Waals surface area contributed by atoms with E-state index < -0.39 is 0 Å². The van der Waals surface area contributed by atoms with Gasteiger partial charge in [0.25, 0.3) is 0 Å². The minimum Gasteiger partial charge on any atom is -0.489 e. The molecule has 0 heterocycles. The number of hydrogen-bond acceptors (Lipinski definition) is 2. The highest BCUT2D eigenvalue weighted by molar-refractivity contribution is 5.85. The van der Waals surface area contributed by atoms with E-state index in [1.54, 1.807) is 0 Å². The third-order valence-electron chi connectivity index (χ3n) is 4.79. The predicted molar refractivity (Wildman–Crippen MR) is 120 cm³/mol. The summed E-state index contributed by atoms with van der Waals surface area (Å²) < 4.78 is 5.96. The van der Waals surface area contributed by atoms with Crippen LogP contribution in [0.25, 0.3) is 0 Å². The average molecular weight is 396 g/mol. The summed E-state index contributed by atoms with van der Waals surface area (Å²) in [5, 5.41) is 3.62. The lowest BCUT2D eigenvalue weighted by atomic mass is 10.1. The van der Waals surface area contributed by atoms with Crippen molar-refractivity contribution in [2.45, 2.75) is 45.9 Å². The van der Waals surface area contributed by atoms with E-state index in [9.17, 15) is 0 Å². The van der Waals surface area contributed by atoms with Gasteiger partial charge in [-0.05, 0) is 55.5 Å². The zero-order valence-electron chi connectivity index (χ0n) is 16.7. The van der Waals surface area contributed by atoms with E-state index in [2.05, 4.69) is 92.0 Å². The second kappa shape index (κ2) is 11.5. The second-order valence-electron chi connectivity index (χ2n) is 7.23. The van der Waals surface area contributed by atoms with Gasteiger partial charge < -0.3 is 10.1 Å². The van der Waals surface area contributed by atoms with Crippen LogP contribution in [0.4, 0.5) is 0 Å². The summed E-state index contributed by atoms with van der Waals surface area (Å²) in [4.78, 5) is 0. The monoisotopic (exact) mass is 395 g/mol. The van der Waals surface area contributed by atoms with Crippen LogP contribution in [0.1, 0.15) is 35.6 Å². The molecule has 0 fully saturated rings. The van der Waals surface area contributed by atoms with Crippen LogP contribution < -0.4 is 10.1 Å². The molecule has 0 saturated carbocycles. The molecule has 0 spiro atoms. The lowest BCUT2D eigenvalue weighted by molar-refractivity contribution is 0.306. The van der Waals surface area contributed by atoms with Gasteiger partial charge in [0.1, 0.15) is 12.4 Å². The minimum atomic E-state index is 0. The van der Waals surface area contributed by atoms with Crippen molar-refractivity contribution in [1.29, 1.82) is 0 Å². The second-order valence-corrected chi connectivity index (χ2v) is 7.23. The molecule has 3 heteroatoms. The number of halogens is 1. The van der Waals surface area contributed by atoms with E-state index in [1.807, 2.05) is 6.07 Å². The van der Waals surface area contributed by atoms with Crippen molar-refractivity contribution in [1.82, 2.24) is 5.32 Å². The molecule has 0 amide bonds. The van der Waals surface area contributed by atoms with Crippen molar-refractivity contribution in [3.05, 3.63) is 101 Å². The molecule has 0 saturated heterocycles. The van der Waals surface area contributed by atoms with Crippen LogP contribution in [-0.2, 0) is 19.6 Å². The van der Waals surface area contributed by atoms with Crippen LogP contribution in [-0.4, -0.2) is 6.04 Å². The molecule has 3 rings (SSSR count). The minimum absolute atomic E-state index is 0. The summed E-state index contributed by atoms with van der Waals surface area (Å²) in [6, 6.07) is 28.0. The third-order valence-corrected chi connectivity index (χ3v) is 4.79. The first-order chi connectivity index (χ1) is 13.2. The number of nitrogens with one attached hydrogen (secondary N) is 1. The van der Waals surface area contributed by atoms with E-state index in [0.717, 1.165) is 25.1 Å². The zero-order chi connectivity index (χ0) is 18.9. The summed E-state index contributed by atoms with van der Waals surface area (Å²) in [6.45, 7) is 5.81. The first-order valence-electron chi connectivity index (χ1n) is 9.73. The maximum atomic E-state index is 5.96. The summed E-state index contributed by atoms with van der Waals surface area (Å²) in [5.74, 6) is 0.923. The highest BCUT2D eigenvalue weighted by atomic mass is 35.5. The summed E-state index contributed by atoms with van der Waals surface area (Å²) in [6.07, 6.45) is 2.24. The lowest BCUT2D eigenvalue weighted by Crippen LogP contribution is -2.25. The van der Waals surface area contributed by atoms with Crippen LogP contribution in [0.15, 0.2) is 78.9 Å². The van der Waals surface area contributed by atoms with Gasteiger partial charge in [-0.1, -0.05) is 72.3 Å². The molecule has 1 N–H and O–H groups in total. The van der Waals surface area contributed by atoms with Gasteiger partial charge in [-0.15, -0.1) is 12.4 Å². The number of benzene rings is 3. The molecule has 0 aliphatic rings. The Morgan fingerprint density at radius 3 is 2.29 bits per heavy atom. The molecule has 0 bridgehead atoms. The fraction of sp³-hybridized carbons (Fsp3) is 0.280. The highest BCUT2D eigenvalue weighted by Crippen LogP contribution is 2.16. The van der Waals surface area contributed by atoms with Crippen molar-refractivity contribution in [3.63, 3.8) is 0 Å². The van der Waals surface area contributed by atoms with Crippen molar-refractivity contribution in [2.24, 2.45) is 0 Å². The summed E-state index contributed by atoms with van der Waals surface area (Å²) in [7, 11) is 0. The zero-order valence-corrected chi connectivity index (χ0v) is 17.5. The van der Waals surface area contributed by atoms with Crippen LogP contribution >= 0.6 is 12.4 Å². The fourth-order valence-electron chi connectivity index (χ4n) is 3.02. The SMILES string of the molecule is Cc1ccc(COc2cccc(CNC(C)CCc3ccccc3)c2)cc1.Cl. The Morgan fingerprint density at radius 2 is 1.54 bits per heavy atom. The van der Waals surface area contributed by atoms with Gasteiger partial charge >= 0.3 is 0 Å². The van der Waals surface area contributed by atoms with Crippen LogP contribution in [0, 0.1) is 6.92 Å². The Bertz CT molecular complexity index is 817. The molecule has 1 unspecified atom stereocenters. The van der Waals surface area contributed by atoms with Gasteiger partial charge in [0, 0.05) is 12.6 Å². The van der Waals surface area contributed by atoms with Crippen LogP contribution in [0.3, 0.4) is 0 Å². The fourth-order valence-corrected chi connectivity index (χ4v) is 3.02. The Labute approximate surface area is 175 Å². The Balaban J connectivity index is 0.00000280. The molecule has 0 aliphatic heterocycles. The van der Waals surface area contributed by atoms with Crippen molar-refractivity contribution >= 4 is 12.4 Å². The normalized spacial score (nSPS) is 11.5. The highest BCUT2D eigenvalue weighted by Gasteiger charge is 2.04. The molecule has 3 aromatic carbocycles.